The van der Waals surface area contributed by atoms with Crippen molar-refractivity contribution in [3.8, 4) is 11.1 Å². The zero-order valence-corrected chi connectivity index (χ0v) is 17.3. The monoisotopic (exact) mass is 441 g/mol. The van der Waals surface area contributed by atoms with Crippen LogP contribution in [0.1, 0.15) is 22.5 Å². The Morgan fingerprint density at radius 1 is 1.12 bits per heavy atom. The first-order valence-electron chi connectivity index (χ1n) is 9.90. The third-order valence-electron chi connectivity index (χ3n) is 5.49. The molecule has 0 saturated carbocycles. The molecule has 0 radical (unpaired) electrons. The number of alkyl halides is 3. The molecule has 1 aliphatic heterocycles. The van der Waals surface area contributed by atoms with Crippen LogP contribution in [0, 0.1) is 6.92 Å². The van der Waals surface area contributed by atoms with Crippen molar-refractivity contribution in [2.75, 3.05) is 11.4 Å². The predicted molar refractivity (Wildman–Crippen MR) is 110 cm³/mol. The van der Waals surface area contributed by atoms with Gasteiger partial charge in [-0.1, -0.05) is 0 Å². The highest BCUT2D eigenvalue weighted by atomic mass is 19.4. The van der Waals surface area contributed by atoms with E-state index in [2.05, 4.69) is 20.2 Å². The SMILES string of the molecule is Cc1cc2nccc(=O)n2nc1N1CCc2ncc(-c3cn(C)nc3C(F)(F)F)cc2C1. The molecule has 5 heterocycles. The standard InChI is InChI=1S/C21H18F3N7O/c1-12-7-17-25-5-3-18(32)31(17)28-20(12)30-6-4-16-14(10-30)8-13(9-26-16)15-11-29(2)27-19(15)21(22,23)24/h3,5,7-9,11H,4,6,10H2,1-2H3. The molecule has 0 atom stereocenters. The van der Waals surface area contributed by atoms with Crippen molar-refractivity contribution >= 4 is 11.5 Å². The van der Waals surface area contributed by atoms with E-state index in [0.29, 0.717) is 36.5 Å². The van der Waals surface area contributed by atoms with Crippen molar-refractivity contribution in [3.05, 3.63) is 69.7 Å². The largest absolute Gasteiger partial charge is 0.435 e. The van der Waals surface area contributed by atoms with Gasteiger partial charge in [-0.3, -0.25) is 14.5 Å². The van der Waals surface area contributed by atoms with Crippen molar-refractivity contribution in [2.45, 2.75) is 26.1 Å². The zero-order chi connectivity index (χ0) is 22.6. The molecule has 1 aliphatic rings. The lowest BCUT2D eigenvalue weighted by molar-refractivity contribution is -0.140. The second kappa shape index (κ2) is 7.14. The Labute approximate surface area is 180 Å². The van der Waals surface area contributed by atoms with Crippen molar-refractivity contribution in [3.63, 3.8) is 0 Å². The maximum atomic E-state index is 13.4. The molecular formula is C21H18F3N7O. The Balaban J connectivity index is 1.54. The van der Waals surface area contributed by atoms with Gasteiger partial charge in [-0.25, -0.2) is 4.98 Å². The van der Waals surface area contributed by atoms with Gasteiger partial charge in [0.25, 0.3) is 5.56 Å². The van der Waals surface area contributed by atoms with E-state index in [-0.39, 0.29) is 11.1 Å². The molecule has 0 amide bonds. The number of aryl methyl sites for hydroxylation is 2. The summed E-state index contributed by atoms with van der Waals surface area (Å²) in [6.45, 7) is 2.91. The fourth-order valence-electron chi connectivity index (χ4n) is 4.02. The number of nitrogens with zero attached hydrogens (tertiary/aromatic N) is 7. The summed E-state index contributed by atoms with van der Waals surface area (Å²) in [5, 5.41) is 8.07. The lowest BCUT2D eigenvalue weighted by Gasteiger charge is -2.30. The van der Waals surface area contributed by atoms with Crippen LogP contribution >= 0.6 is 0 Å². The Morgan fingerprint density at radius 3 is 2.72 bits per heavy atom. The van der Waals surface area contributed by atoms with Crippen LogP contribution in [-0.2, 0) is 26.2 Å². The Morgan fingerprint density at radius 2 is 1.94 bits per heavy atom. The zero-order valence-electron chi connectivity index (χ0n) is 17.3. The highest BCUT2D eigenvalue weighted by Crippen LogP contribution is 2.36. The van der Waals surface area contributed by atoms with Crippen LogP contribution in [0.3, 0.4) is 0 Å². The highest BCUT2D eigenvalue weighted by Gasteiger charge is 2.37. The maximum Gasteiger partial charge on any atom is 0.435 e. The van der Waals surface area contributed by atoms with Crippen LogP contribution in [-0.4, -0.2) is 35.9 Å². The molecule has 32 heavy (non-hydrogen) atoms. The third-order valence-corrected chi connectivity index (χ3v) is 5.49. The van der Waals surface area contributed by atoms with Gasteiger partial charge in [0.1, 0.15) is 0 Å². The van der Waals surface area contributed by atoms with Crippen molar-refractivity contribution in [2.24, 2.45) is 7.05 Å². The van der Waals surface area contributed by atoms with Crippen molar-refractivity contribution in [1.82, 2.24) is 29.4 Å². The molecule has 5 rings (SSSR count). The predicted octanol–water partition coefficient (Wildman–Crippen LogP) is 2.77. The van der Waals surface area contributed by atoms with Gasteiger partial charge in [0.2, 0.25) is 0 Å². The molecule has 0 fully saturated rings. The first-order valence-corrected chi connectivity index (χ1v) is 9.90. The summed E-state index contributed by atoms with van der Waals surface area (Å²) in [5.74, 6) is 0.626. The fourth-order valence-corrected chi connectivity index (χ4v) is 4.02. The van der Waals surface area contributed by atoms with Gasteiger partial charge in [-0.05, 0) is 30.2 Å². The fraction of sp³-hybridized carbons (Fsp3) is 0.286. The molecule has 0 saturated heterocycles. The number of fused-ring (bicyclic) bond motifs is 2. The van der Waals surface area contributed by atoms with E-state index < -0.39 is 11.9 Å². The lowest BCUT2D eigenvalue weighted by atomic mass is 10.00. The Bertz CT molecular complexity index is 1410. The molecule has 0 N–H and O–H groups in total. The topological polar surface area (TPSA) is 81.2 Å². The maximum absolute atomic E-state index is 13.4. The molecule has 4 aromatic rings. The number of halogens is 3. The van der Waals surface area contributed by atoms with E-state index in [1.807, 2.05) is 11.8 Å². The third kappa shape index (κ3) is 3.39. The van der Waals surface area contributed by atoms with Crippen LogP contribution in [0.25, 0.3) is 16.8 Å². The molecule has 0 unspecified atom stereocenters. The molecule has 8 nitrogen and oxygen atoms in total. The van der Waals surface area contributed by atoms with Crippen LogP contribution in [0.5, 0.6) is 0 Å². The molecule has 11 heteroatoms. The normalized spacial score (nSPS) is 14.1. The van der Waals surface area contributed by atoms with E-state index in [4.69, 9.17) is 0 Å². The van der Waals surface area contributed by atoms with Gasteiger partial charge in [0.05, 0.1) is 0 Å². The quantitative estimate of drug-likeness (QED) is 0.476. The first kappa shape index (κ1) is 20.2. The van der Waals surface area contributed by atoms with E-state index >= 15 is 0 Å². The molecule has 0 bridgehead atoms. The molecule has 0 aromatic carbocycles. The van der Waals surface area contributed by atoms with Crippen molar-refractivity contribution in [1.29, 1.82) is 0 Å². The molecule has 0 spiro atoms. The van der Waals surface area contributed by atoms with E-state index in [9.17, 15) is 18.0 Å². The second-order valence-electron chi connectivity index (χ2n) is 7.77. The van der Waals surface area contributed by atoms with Crippen molar-refractivity contribution < 1.29 is 13.2 Å². The summed E-state index contributed by atoms with van der Waals surface area (Å²) in [6, 6.07) is 4.86. The molecule has 0 aliphatic carbocycles. The smallest absolute Gasteiger partial charge is 0.350 e. The molecule has 164 valence electrons. The first-order chi connectivity index (χ1) is 15.2. The number of anilines is 1. The van der Waals surface area contributed by atoms with Gasteiger partial charge in [0, 0.05) is 68.0 Å². The van der Waals surface area contributed by atoms with E-state index in [1.165, 1.54) is 36.2 Å². The summed E-state index contributed by atoms with van der Waals surface area (Å²) in [6.07, 6.45) is 0.297. The van der Waals surface area contributed by atoms with Crippen LogP contribution in [0.2, 0.25) is 0 Å². The Kier molecular flexibility index (Phi) is 4.50. The van der Waals surface area contributed by atoms with Gasteiger partial charge in [0.15, 0.2) is 17.2 Å². The molecular weight excluding hydrogens is 423 g/mol. The summed E-state index contributed by atoms with van der Waals surface area (Å²) < 4.78 is 42.7. The van der Waals surface area contributed by atoms with Crippen LogP contribution in [0.4, 0.5) is 19.0 Å². The molecule has 4 aromatic heterocycles. The summed E-state index contributed by atoms with van der Waals surface area (Å²) in [5.41, 5.74) is 2.07. The lowest BCUT2D eigenvalue weighted by Crippen LogP contribution is -2.33. The number of aromatic nitrogens is 6. The van der Waals surface area contributed by atoms with E-state index in [1.54, 1.807) is 12.1 Å². The minimum absolute atomic E-state index is 0.00920. The number of hydrogen-bond acceptors (Lipinski definition) is 6. The average molecular weight is 441 g/mol. The minimum Gasteiger partial charge on any atom is -0.350 e. The second-order valence-corrected chi connectivity index (χ2v) is 7.77. The van der Waals surface area contributed by atoms with Crippen LogP contribution in [0.15, 0.2) is 41.6 Å². The summed E-state index contributed by atoms with van der Waals surface area (Å²) in [4.78, 5) is 22.8. The summed E-state index contributed by atoms with van der Waals surface area (Å²) in [7, 11) is 1.46. The van der Waals surface area contributed by atoms with Gasteiger partial charge < -0.3 is 4.90 Å². The summed E-state index contributed by atoms with van der Waals surface area (Å²) >= 11 is 0. The van der Waals surface area contributed by atoms with Gasteiger partial charge in [-0.2, -0.15) is 22.8 Å². The Hall–Kier alpha value is -3.76. The average Bonchev–Trinajstić information content (AvgIpc) is 3.15. The van der Waals surface area contributed by atoms with Crippen LogP contribution < -0.4 is 10.5 Å². The highest BCUT2D eigenvalue weighted by molar-refractivity contribution is 5.66. The van der Waals surface area contributed by atoms with Gasteiger partial charge in [-0.15, -0.1) is 5.10 Å². The minimum atomic E-state index is -4.56. The van der Waals surface area contributed by atoms with E-state index in [0.717, 1.165) is 21.5 Å². The number of hydrogen-bond donors (Lipinski definition) is 0. The number of pyridine rings is 1. The number of rotatable bonds is 2. The van der Waals surface area contributed by atoms with Gasteiger partial charge >= 0.3 is 6.18 Å².